The number of thiophene rings is 1. The number of benzene rings is 2. The molecule has 0 bridgehead atoms. The van der Waals surface area contributed by atoms with Gasteiger partial charge in [-0.2, -0.15) is 0 Å². The van der Waals surface area contributed by atoms with E-state index in [1.54, 1.807) is 41.8 Å². The van der Waals surface area contributed by atoms with Crippen molar-refractivity contribution in [3.05, 3.63) is 96.8 Å². The van der Waals surface area contributed by atoms with E-state index in [1.807, 2.05) is 0 Å². The molecular weight excluding hydrogens is 547 g/mol. The van der Waals surface area contributed by atoms with Gasteiger partial charge in [0.2, 0.25) is 0 Å². The minimum atomic E-state index is -0.598. The van der Waals surface area contributed by atoms with Gasteiger partial charge in [0.1, 0.15) is 15.7 Å². The first-order chi connectivity index (χ1) is 17.2. The summed E-state index contributed by atoms with van der Waals surface area (Å²) in [5, 5.41) is 12.3. The molecule has 0 aliphatic heterocycles. The third-order valence-electron chi connectivity index (χ3n) is 5.15. The molecule has 0 aliphatic rings. The summed E-state index contributed by atoms with van der Waals surface area (Å²) in [5.41, 5.74) is 0.800. The van der Waals surface area contributed by atoms with Crippen LogP contribution in [0, 0.1) is 6.92 Å². The Hall–Kier alpha value is -3.24. The maximum Gasteiger partial charge on any atom is 0.348 e. The molecule has 2 aromatic heterocycles. The maximum atomic E-state index is 13.5. The minimum absolute atomic E-state index is 0.0227. The molecule has 184 valence electrons. The maximum absolute atomic E-state index is 13.5. The first kappa shape index (κ1) is 25.8. The number of aromatic nitrogens is 3. The highest BCUT2D eigenvalue weighted by Crippen LogP contribution is 2.32. The number of halogens is 3. The molecule has 2 heterocycles. The number of esters is 1. The molecule has 36 heavy (non-hydrogen) atoms. The van der Waals surface area contributed by atoms with E-state index >= 15 is 0 Å². The number of aryl methyl sites for hydroxylation is 1. The average molecular weight is 564 g/mol. The van der Waals surface area contributed by atoms with Crippen LogP contribution in [0.3, 0.4) is 0 Å². The number of carbonyl (C=O) groups is 3. The number of nitrogens with zero attached hydrogens (tertiary/aromatic N) is 3. The number of hydrogen-bond acceptors (Lipinski definition) is 7. The lowest BCUT2D eigenvalue weighted by molar-refractivity contribution is 0.0606. The third kappa shape index (κ3) is 5.15. The van der Waals surface area contributed by atoms with Crippen molar-refractivity contribution in [2.24, 2.45) is 0 Å². The Kier molecular flexibility index (Phi) is 7.75. The van der Waals surface area contributed by atoms with Crippen LogP contribution >= 0.6 is 46.1 Å². The molecule has 0 saturated heterocycles. The summed E-state index contributed by atoms with van der Waals surface area (Å²) in [6, 6.07) is 12.6. The van der Waals surface area contributed by atoms with Gasteiger partial charge in [0.15, 0.2) is 11.6 Å². The summed E-state index contributed by atoms with van der Waals surface area (Å²) in [4.78, 5) is 38.6. The highest BCUT2D eigenvalue weighted by Gasteiger charge is 2.26. The van der Waals surface area contributed by atoms with Crippen LogP contribution in [-0.4, -0.2) is 39.5 Å². The number of ether oxygens (including phenoxy) is 1. The number of methoxy groups -OCH3 is 1. The molecule has 8 nitrogen and oxygen atoms in total. The van der Waals surface area contributed by atoms with Gasteiger partial charge in [-0.15, -0.1) is 21.5 Å². The topological polar surface area (TPSA) is 103 Å². The number of ketones is 1. The van der Waals surface area contributed by atoms with Gasteiger partial charge in [0.25, 0.3) is 5.91 Å². The lowest BCUT2D eigenvalue weighted by Crippen LogP contribution is -2.24. The molecule has 0 spiro atoms. The van der Waals surface area contributed by atoms with Crippen LogP contribution in [0.5, 0.6) is 0 Å². The summed E-state index contributed by atoms with van der Waals surface area (Å²) < 4.78 is 6.46. The normalized spacial score (nSPS) is 10.8. The quantitative estimate of drug-likeness (QED) is 0.234. The summed E-state index contributed by atoms with van der Waals surface area (Å²) in [6.07, 6.45) is 0. The van der Waals surface area contributed by atoms with Crippen molar-refractivity contribution < 1.29 is 19.1 Å². The van der Waals surface area contributed by atoms with Crippen molar-refractivity contribution in [2.75, 3.05) is 7.11 Å². The van der Waals surface area contributed by atoms with Gasteiger partial charge in [-0.3, -0.25) is 14.2 Å². The van der Waals surface area contributed by atoms with Crippen LogP contribution in [0.15, 0.2) is 48.5 Å². The number of hydrogen-bond donors (Lipinski definition) is 1. The number of nitrogens with one attached hydrogen (secondary N) is 1. The zero-order chi connectivity index (χ0) is 26.0. The molecule has 12 heteroatoms. The van der Waals surface area contributed by atoms with Gasteiger partial charge >= 0.3 is 5.97 Å². The van der Waals surface area contributed by atoms with E-state index < -0.39 is 11.9 Å². The van der Waals surface area contributed by atoms with E-state index in [0.717, 1.165) is 11.3 Å². The van der Waals surface area contributed by atoms with Crippen LogP contribution in [0.4, 0.5) is 0 Å². The van der Waals surface area contributed by atoms with E-state index in [1.165, 1.54) is 25.3 Å². The average Bonchev–Trinajstić information content (AvgIpc) is 3.46. The molecule has 0 unspecified atom stereocenters. The Morgan fingerprint density at radius 3 is 2.42 bits per heavy atom. The van der Waals surface area contributed by atoms with Crippen LogP contribution in [0.1, 0.15) is 47.6 Å². The Morgan fingerprint density at radius 2 is 1.72 bits per heavy atom. The lowest BCUT2D eigenvalue weighted by Gasteiger charge is -2.11. The van der Waals surface area contributed by atoms with Gasteiger partial charge in [0, 0.05) is 11.1 Å². The van der Waals surface area contributed by atoms with Crippen molar-refractivity contribution >= 4 is 63.8 Å². The zero-order valence-electron chi connectivity index (χ0n) is 18.8. The molecule has 0 aliphatic carbocycles. The molecule has 1 N–H and O–H groups in total. The SMILES string of the molecule is COC(=O)c1cc(C(=O)c2ccccc2Cl)c(-n2c(C)nnc2CNC(=O)c2ccc(Cl)c(Cl)c2)s1. The first-order valence-electron chi connectivity index (χ1n) is 10.4. The fourth-order valence-electron chi connectivity index (χ4n) is 3.39. The van der Waals surface area contributed by atoms with Gasteiger partial charge in [0.05, 0.1) is 34.3 Å². The largest absolute Gasteiger partial charge is 0.465 e. The molecule has 0 fully saturated rings. The molecule has 0 atom stereocenters. The van der Waals surface area contributed by atoms with Crippen LogP contribution < -0.4 is 5.32 Å². The van der Waals surface area contributed by atoms with E-state index in [2.05, 4.69) is 15.5 Å². The van der Waals surface area contributed by atoms with E-state index in [4.69, 9.17) is 39.5 Å². The predicted molar refractivity (Wildman–Crippen MR) is 138 cm³/mol. The monoisotopic (exact) mass is 562 g/mol. The number of carbonyl (C=O) groups excluding carboxylic acids is 3. The Balaban J connectivity index is 1.72. The standard InChI is InChI=1S/C24H17Cl3N4O4S/c1-12-29-30-20(11-28-22(33)13-7-8-17(26)18(27)9-13)31(12)23-15(10-19(36-23)24(34)35-2)21(32)14-5-3-4-6-16(14)25/h3-10H,11H2,1-2H3,(H,28,33). The van der Waals surface area contributed by atoms with Crippen molar-refractivity contribution in [3.63, 3.8) is 0 Å². The van der Waals surface area contributed by atoms with Gasteiger partial charge < -0.3 is 10.1 Å². The first-order valence-corrected chi connectivity index (χ1v) is 12.3. The molecule has 4 aromatic rings. The van der Waals surface area contributed by atoms with Crippen LogP contribution in [-0.2, 0) is 11.3 Å². The highest BCUT2D eigenvalue weighted by atomic mass is 35.5. The van der Waals surface area contributed by atoms with E-state index in [0.29, 0.717) is 27.2 Å². The predicted octanol–water partition coefficient (Wildman–Crippen LogP) is 5.55. The van der Waals surface area contributed by atoms with Gasteiger partial charge in [-0.25, -0.2) is 4.79 Å². The summed E-state index contributed by atoms with van der Waals surface area (Å²) in [5.74, 6) is -0.609. The fraction of sp³-hybridized carbons (Fsp3) is 0.125. The highest BCUT2D eigenvalue weighted by molar-refractivity contribution is 7.16. The molecule has 2 aromatic carbocycles. The smallest absolute Gasteiger partial charge is 0.348 e. The Labute approximate surface area is 224 Å². The second-order valence-corrected chi connectivity index (χ2v) is 9.69. The van der Waals surface area contributed by atoms with Crippen LogP contribution in [0.25, 0.3) is 5.00 Å². The molecule has 0 radical (unpaired) electrons. The van der Waals surface area contributed by atoms with Gasteiger partial charge in [-0.05, 0) is 43.3 Å². The molecule has 1 amide bonds. The summed E-state index contributed by atoms with van der Waals surface area (Å²) in [6.45, 7) is 1.67. The van der Waals surface area contributed by atoms with Crippen molar-refractivity contribution in [3.8, 4) is 5.00 Å². The van der Waals surface area contributed by atoms with Crippen molar-refractivity contribution in [1.29, 1.82) is 0 Å². The number of amides is 1. The molecular formula is C24H17Cl3N4O4S. The Morgan fingerprint density at radius 1 is 0.972 bits per heavy atom. The zero-order valence-corrected chi connectivity index (χ0v) is 21.9. The van der Waals surface area contributed by atoms with E-state index in [9.17, 15) is 14.4 Å². The summed E-state index contributed by atoms with van der Waals surface area (Å²) >= 11 is 19.2. The second kappa shape index (κ2) is 10.8. The van der Waals surface area contributed by atoms with Gasteiger partial charge in [-0.1, -0.05) is 46.9 Å². The third-order valence-corrected chi connectivity index (χ3v) is 7.31. The van der Waals surface area contributed by atoms with Crippen LogP contribution in [0.2, 0.25) is 15.1 Å². The second-order valence-electron chi connectivity index (χ2n) is 7.44. The summed E-state index contributed by atoms with van der Waals surface area (Å²) in [7, 11) is 1.26. The van der Waals surface area contributed by atoms with Crippen molar-refractivity contribution in [1.82, 2.24) is 20.1 Å². The molecule has 0 saturated carbocycles. The lowest BCUT2D eigenvalue weighted by atomic mass is 10.0. The minimum Gasteiger partial charge on any atom is -0.465 e. The number of rotatable bonds is 7. The Bertz CT molecular complexity index is 1500. The molecule has 4 rings (SSSR count). The van der Waals surface area contributed by atoms with E-state index in [-0.39, 0.29) is 38.4 Å². The van der Waals surface area contributed by atoms with Crippen molar-refractivity contribution in [2.45, 2.75) is 13.5 Å². The fourth-order valence-corrected chi connectivity index (χ4v) is 5.05.